The Morgan fingerprint density at radius 2 is 1.27 bits per heavy atom. The highest BCUT2D eigenvalue weighted by Gasteiger charge is 2.46. The molecule has 2 heteroatoms. The van der Waals surface area contributed by atoms with Crippen molar-refractivity contribution in [1.29, 1.82) is 5.26 Å². The molecule has 1 aliphatic rings. The lowest BCUT2D eigenvalue weighted by Gasteiger charge is -2.34. The van der Waals surface area contributed by atoms with Gasteiger partial charge in [-0.05, 0) is 61.8 Å². The minimum atomic E-state index is -0.442. The first kappa shape index (κ1) is 21.3. The van der Waals surface area contributed by atoms with E-state index in [1.54, 1.807) is 6.20 Å². The Kier molecular flexibility index (Phi) is 4.77. The van der Waals surface area contributed by atoms with E-state index in [0.29, 0.717) is 5.56 Å². The number of rotatable bonds is 3. The summed E-state index contributed by atoms with van der Waals surface area (Å²) in [5.74, 6) is 0. The van der Waals surface area contributed by atoms with Crippen LogP contribution in [-0.2, 0) is 5.41 Å². The molecule has 1 heterocycles. The largest absolute Gasteiger partial charge is 0.263 e. The van der Waals surface area contributed by atoms with Gasteiger partial charge in [0.1, 0.15) is 6.07 Å². The summed E-state index contributed by atoms with van der Waals surface area (Å²) in [4.78, 5) is 4.32. The van der Waals surface area contributed by atoms with E-state index < -0.39 is 5.41 Å². The Morgan fingerprint density at radius 3 is 2.00 bits per heavy atom. The summed E-state index contributed by atoms with van der Waals surface area (Å²) in [7, 11) is 0. The van der Waals surface area contributed by atoms with Gasteiger partial charge in [0.25, 0.3) is 0 Å². The molecule has 0 radical (unpaired) electrons. The minimum Gasteiger partial charge on any atom is -0.263 e. The van der Waals surface area contributed by atoms with Crippen molar-refractivity contribution in [2.24, 2.45) is 0 Å². The lowest BCUT2D eigenvalue weighted by molar-refractivity contribution is 0.769. The van der Waals surface area contributed by atoms with Gasteiger partial charge in [-0.3, -0.25) is 4.98 Å². The lowest BCUT2D eigenvalue weighted by atomic mass is 9.67. The van der Waals surface area contributed by atoms with Crippen molar-refractivity contribution in [2.45, 2.75) is 5.41 Å². The highest BCUT2D eigenvalue weighted by molar-refractivity contribution is 6.04. The third-order valence-electron chi connectivity index (χ3n) is 7.64. The second kappa shape index (κ2) is 8.29. The van der Waals surface area contributed by atoms with E-state index in [-0.39, 0.29) is 0 Å². The Bertz CT molecular complexity index is 1790. The molecule has 2 nitrogen and oxygen atoms in total. The average molecular weight is 471 g/mol. The van der Waals surface area contributed by atoms with Crippen LogP contribution in [0, 0.1) is 11.3 Å². The molecule has 0 N–H and O–H groups in total. The molecule has 5 aromatic carbocycles. The Balaban J connectivity index is 1.63. The van der Waals surface area contributed by atoms with Gasteiger partial charge in [-0.1, -0.05) is 109 Å². The SMILES string of the molecule is N#Cc1cncc(-c2ccc3c(c2)-c2c(ccc4ccccc24)C3(c2ccccc2)c2ccccc2)c1. The molecule has 0 saturated carbocycles. The normalized spacial score (nSPS) is 13.1. The molecule has 0 atom stereocenters. The fraction of sp³-hybridized carbons (Fsp3) is 0.0286. The first-order valence-electron chi connectivity index (χ1n) is 12.4. The van der Waals surface area contributed by atoms with E-state index in [1.807, 2.05) is 12.3 Å². The number of pyridine rings is 1. The maximum atomic E-state index is 9.44. The van der Waals surface area contributed by atoms with Crippen molar-refractivity contribution in [3.8, 4) is 28.3 Å². The van der Waals surface area contributed by atoms with E-state index in [4.69, 9.17) is 0 Å². The summed E-state index contributed by atoms with van der Waals surface area (Å²) >= 11 is 0. The van der Waals surface area contributed by atoms with Gasteiger partial charge < -0.3 is 0 Å². The van der Waals surface area contributed by atoms with Crippen LogP contribution in [0.1, 0.15) is 27.8 Å². The van der Waals surface area contributed by atoms with Crippen LogP contribution in [0.2, 0.25) is 0 Å². The number of hydrogen-bond donors (Lipinski definition) is 0. The second-order valence-corrected chi connectivity index (χ2v) is 9.53. The van der Waals surface area contributed by atoms with Crippen LogP contribution >= 0.6 is 0 Å². The molecule has 1 aromatic heterocycles. The first-order chi connectivity index (χ1) is 18.3. The third-order valence-corrected chi connectivity index (χ3v) is 7.64. The molecular weight excluding hydrogens is 448 g/mol. The highest BCUT2D eigenvalue weighted by Crippen LogP contribution is 2.58. The summed E-state index contributed by atoms with van der Waals surface area (Å²) in [6.07, 6.45) is 3.44. The van der Waals surface area contributed by atoms with Crippen LogP contribution in [-0.4, -0.2) is 4.98 Å². The van der Waals surface area contributed by atoms with Crippen molar-refractivity contribution >= 4 is 10.8 Å². The quantitative estimate of drug-likeness (QED) is 0.261. The van der Waals surface area contributed by atoms with Gasteiger partial charge in [-0.2, -0.15) is 5.26 Å². The van der Waals surface area contributed by atoms with Gasteiger partial charge in [0.2, 0.25) is 0 Å². The highest BCUT2D eigenvalue weighted by atomic mass is 14.6. The zero-order valence-electron chi connectivity index (χ0n) is 20.1. The van der Waals surface area contributed by atoms with Gasteiger partial charge in [0.05, 0.1) is 11.0 Å². The maximum absolute atomic E-state index is 9.44. The summed E-state index contributed by atoms with van der Waals surface area (Å²) in [6, 6.07) is 45.7. The fourth-order valence-electron chi connectivity index (χ4n) is 6.10. The second-order valence-electron chi connectivity index (χ2n) is 9.53. The topological polar surface area (TPSA) is 36.7 Å². The molecule has 1 aliphatic carbocycles. The van der Waals surface area contributed by atoms with Crippen molar-refractivity contribution in [2.75, 3.05) is 0 Å². The van der Waals surface area contributed by atoms with Crippen LogP contribution in [0.15, 0.2) is 134 Å². The molecule has 0 spiro atoms. The van der Waals surface area contributed by atoms with Gasteiger partial charge in [0, 0.05) is 18.0 Å². The Labute approximate surface area is 216 Å². The van der Waals surface area contributed by atoms with Crippen LogP contribution in [0.3, 0.4) is 0 Å². The predicted molar refractivity (Wildman–Crippen MR) is 149 cm³/mol. The predicted octanol–water partition coefficient (Wildman–Crippen LogP) is 8.14. The lowest BCUT2D eigenvalue weighted by Crippen LogP contribution is -2.28. The van der Waals surface area contributed by atoms with E-state index in [9.17, 15) is 5.26 Å². The number of nitriles is 1. The number of nitrogens with zero attached hydrogens (tertiary/aromatic N) is 2. The van der Waals surface area contributed by atoms with Gasteiger partial charge in [-0.15, -0.1) is 0 Å². The number of benzene rings is 5. The molecule has 0 saturated heterocycles. The third kappa shape index (κ3) is 3.08. The molecule has 37 heavy (non-hydrogen) atoms. The van der Waals surface area contributed by atoms with E-state index >= 15 is 0 Å². The molecule has 0 fully saturated rings. The summed E-state index contributed by atoms with van der Waals surface area (Å²) < 4.78 is 0. The van der Waals surface area contributed by atoms with E-state index in [2.05, 4.69) is 126 Å². The maximum Gasteiger partial charge on any atom is 0.101 e. The van der Waals surface area contributed by atoms with Crippen LogP contribution < -0.4 is 0 Å². The van der Waals surface area contributed by atoms with Gasteiger partial charge in [-0.25, -0.2) is 0 Å². The monoisotopic (exact) mass is 470 g/mol. The van der Waals surface area contributed by atoms with E-state index in [1.165, 1.54) is 44.2 Å². The summed E-state index contributed by atoms with van der Waals surface area (Å²) in [5.41, 5.74) is 9.67. The van der Waals surface area contributed by atoms with Crippen LogP contribution in [0.5, 0.6) is 0 Å². The number of fused-ring (bicyclic) bond motifs is 5. The van der Waals surface area contributed by atoms with Crippen molar-refractivity contribution in [1.82, 2.24) is 4.98 Å². The van der Waals surface area contributed by atoms with Crippen molar-refractivity contribution in [3.63, 3.8) is 0 Å². The standard InChI is InChI=1S/C35H22N2/c36-21-24-19-27(23-37-22-24)26-16-17-32-31(20-26)34-30-14-8-7-9-25(30)15-18-33(34)35(32,28-10-3-1-4-11-28)29-12-5-2-6-13-29/h1-20,22-23H. The van der Waals surface area contributed by atoms with Crippen LogP contribution in [0.4, 0.5) is 0 Å². The molecule has 0 aliphatic heterocycles. The summed E-state index contributed by atoms with van der Waals surface area (Å²) in [6.45, 7) is 0. The molecule has 172 valence electrons. The molecule has 0 bridgehead atoms. The minimum absolute atomic E-state index is 0.442. The summed E-state index contributed by atoms with van der Waals surface area (Å²) in [5, 5.41) is 11.9. The number of hydrogen-bond acceptors (Lipinski definition) is 2. The van der Waals surface area contributed by atoms with Crippen molar-refractivity contribution in [3.05, 3.63) is 162 Å². The molecule has 6 aromatic rings. The molecule has 0 unspecified atom stereocenters. The fourth-order valence-corrected chi connectivity index (χ4v) is 6.10. The van der Waals surface area contributed by atoms with Gasteiger partial charge in [0.15, 0.2) is 0 Å². The Hall–Kier alpha value is -5.00. The zero-order valence-corrected chi connectivity index (χ0v) is 20.1. The smallest absolute Gasteiger partial charge is 0.101 e. The van der Waals surface area contributed by atoms with Crippen molar-refractivity contribution < 1.29 is 0 Å². The molecule has 7 rings (SSSR count). The molecule has 0 amide bonds. The van der Waals surface area contributed by atoms with E-state index in [0.717, 1.165) is 11.1 Å². The molecular formula is C35H22N2. The van der Waals surface area contributed by atoms with Crippen LogP contribution in [0.25, 0.3) is 33.0 Å². The van der Waals surface area contributed by atoms with Gasteiger partial charge >= 0.3 is 0 Å². The number of aromatic nitrogens is 1. The average Bonchev–Trinajstić information content (AvgIpc) is 3.29. The Morgan fingerprint density at radius 1 is 0.595 bits per heavy atom. The first-order valence-corrected chi connectivity index (χ1v) is 12.4. The zero-order chi connectivity index (χ0) is 24.8.